The van der Waals surface area contributed by atoms with Crippen molar-refractivity contribution in [1.29, 1.82) is 0 Å². The quantitative estimate of drug-likeness (QED) is 0.612. The summed E-state index contributed by atoms with van der Waals surface area (Å²) in [5.41, 5.74) is 2.21. The van der Waals surface area contributed by atoms with Gasteiger partial charge in [0, 0.05) is 18.1 Å². The molecule has 0 radical (unpaired) electrons. The van der Waals surface area contributed by atoms with E-state index in [-0.39, 0.29) is 5.82 Å². The highest BCUT2D eigenvalue weighted by Gasteiger charge is 2.13. The van der Waals surface area contributed by atoms with E-state index >= 15 is 0 Å². The maximum Gasteiger partial charge on any atom is 0.177 e. The lowest BCUT2D eigenvalue weighted by atomic mass is 10.1. The van der Waals surface area contributed by atoms with Gasteiger partial charge in [-0.25, -0.2) is 19.3 Å². The van der Waals surface area contributed by atoms with E-state index in [1.54, 1.807) is 10.9 Å². The second-order valence-corrected chi connectivity index (χ2v) is 3.77. The number of benzene rings is 1. The monoisotopic (exact) mass is 246 g/mol. The summed E-state index contributed by atoms with van der Waals surface area (Å²) in [6.45, 7) is 5.84. The molecule has 0 aliphatic carbocycles. The van der Waals surface area contributed by atoms with Crippen molar-refractivity contribution < 1.29 is 4.39 Å². The molecular formula is C13H15FN4. The van der Waals surface area contributed by atoms with Crippen LogP contribution in [0.3, 0.4) is 0 Å². The molecule has 94 valence electrons. The lowest BCUT2D eigenvalue weighted by Gasteiger charge is -2.03. The van der Waals surface area contributed by atoms with E-state index < -0.39 is 0 Å². The number of imidazole rings is 1. The molecule has 0 saturated heterocycles. The molecule has 0 amide bonds. The fourth-order valence-electron chi connectivity index (χ4n) is 1.86. The molecule has 3 rings (SSSR count). The minimum absolute atomic E-state index is 0.332. The number of aryl methyl sites for hydroxylation is 2. The number of rotatable bonds is 0. The van der Waals surface area contributed by atoms with Gasteiger partial charge in [-0.05, 0) is 13.0 Å². The van der Waals surface area contributed by atoms with E-state index in [1.165, 1.54) is 6.33 Å². The number of nitrogens with zero attached hydrogens (tertiary/aromatic N) is 4. The summed E-state index contributed by atoms with van der Waals surface area (Å²) in [4.78, 5) is 12.1. The second kappa shape index (κ2) is 4.68. The van der Waals surface area contributed by atoms with E-state index in [1.807, 2.05) is 33.9 Å². The molecule has 0 saturated carbocycles. The first-order valence-corrected chi connectivity index (χ1v) is 5.89. The molecule has 0 N–H and O–H groups in total. The lowest BCUT2D eigenvalue weighted by Crippen LogP contribution is -1.93. The zero-order chi connectivity index (χ0) is 13.3. The Morgan fingerprint density at radius 1 is 1.11 bits per heavy atom. The smallest absolute Gasteiger partial charge is 0.177 e. The first-order valence-electron chi connectivity index (χ1n) is 5.89. The zero-order valence-electron chi connectivity index (χ0n) is 10.9. The van der Waals surface area contributed by atoms with Crippen LogP contribution in [0.2, 0.25) is 0 Å². The van der Waals surface area contributed by atoms with Crippen molar-refractivity contribution in [3.05, 3.63) is 30.2 Å². The van der Waals surface area contributed by atoms with Crippen molar-refractivity contribution in [1.82, 2.24) is 19.5 Å². The standard InChI is InChI=1S/C11H9FN4.C2H6/c1-6-7-3-8-11(15-5-16(8)2)9(12)10(7)14-4-13-6;1-2/h3-5H,1-2H3;1-2H3. The van der Waals surface area contributed by atoms with Gasteiger partial charge < -0.3 is 4.57 Å². The van der Waals surface area contributed by atoms with Crippen LogP contribution in [0.15, 0.2) is 18.7 Å². The maximum atomic E-state index is 14.1. The maximum absolute atomic E-state index is 14.1. The summed E-state index contributed by atoms with van der Waals surface area (Å²) in [5, 5.41) is 0.733. The van der Waals surface area contributed by atoms with Crippen molar-refractivity contribution in [3.63, 3.8) is 0 Å². The van der Waals surface area contributed by atoms with Gasteiger partial charge in [0.2, 0.25) is 0 Å². The molecule has 4 nitrogen and oxygen atoms in total. The topological polar surface area (TPSA) is 43.6 Å². The molecular weight excluding hydrogens is 231 g/mol. The average molecular weight is 246 g/mol. The van der Waals surface area contributed by atoms with Crippen molar-refractivity contribution >= 4 is 21.9 Å². The Labute approximate surface area is 105 Å². The second-order valence-electron chi connectivity index (χ2n) is 3.77. The van der Waals surface area contributed by atoms with Crippen LogP contribution in [0.25, 0.3) is 21.9 Å². The summed E-state index contributed by atoms with van der Waals surface area (Å²) in [6.07, 6.45) is 2.96. The molecule has 0 atom stereocenters. The zero-order valence-corrected chi connectivity index (χ0v) is 10.9. The fourth-order valence-corrected chi connectivity index (χ4v) is 1.86. The Balaban J connectivity index is 0.000000574. The van der Waals surface area contributed by atoms with E-state index in [4.69, 9.17) is 0 Å². The molecule has 5 heteroatoms. The molecule has 3 aromatic rings. The van der Waals surface area contributed by atoms with Crippen LogP contribution in [0.5, 0.6) is 0 Å². The number of halogens is 1. The van der Waals surface area contributed by atoms with Crippen LogP contribution in [0, 0.1) is 12.7 Å². The van der Waals surface area contributed by atoms with Gasteiger partial charge in [0.1, 0.15) is 17.4 Å². The number of hydrogen-bond donors (Lipinski definition) is 0. The van der Waals surface area contributed by atoms with Crippen LogP contribution in [-0.4, -0.2) is 19.5 Å². The Morgan fingerprint density at radius 3 is 2.56 bits per heavy atom. The van der Waals surface area contributed by atoms with Gasteiger partial charge in [0.05, 0.1) is 11.8 Å². The Kier molecular flexibility index (Phi) is 3.23. The first kappa shape index (κ1) is 12.4. The molecule has 0 spiro atoms. The predicted octanol–water partition coefficient (Wildman–Crippen LogP) is 2.99. The molecule has 0 aliphatic rings. The van der Waals surface area contributed by atoms with Crippen LogP contribution < -0.4 is 0 Å². The van der Waals surface area contributed by atoms with Gasteiger partial charge in [-0.15, -0.1) is 0 Å². The van der Waals surface area contributed by atoms with Crippen molar-refractivity contribution in [2.75, 3.05) is 0 Å². The highest BCUT2D eigenvalue weighted by atomic mass is 19.1. The van der Waals surface area contributed by atoms with Crippen molar-refractivity contribution in [2.45, 2.75) is 20.8 Å². The molecule has 2 aromatic heterocycles. The van der Waals surface area contributed by atoms with Gasteiger partial charge in [-0.2, -0.15) is 0 Å². The van der Waals surface area contributed by atoms with E-state index in [0.717, 1.165) is 16.6 Å². The summed E-state index contributed by atoms with van der Waals surface area (Å²) < 4.78 is 15.9. The SMILES string of the molecule is CC.Cc1ncnc2c(F)c3ncn(C)c3cc12. The third-order valence-corrected chi connectivity index (χ3v) is 2.76. The van der Waals surface area contributed by atoms with Crippen molar-refractivity contribution in [2.24, 2.45) is 7.05 Å². The highest BCUT2D eigenvalue weighted by molar-refractivity contribution is 5.94. The van der Waals surface area contributed by atoms with E-state index in [0.29, 0.717) is 11.0 Å². The summed E-state index contributed by atoms with van der Waals surface area (Å²) in [5.74, 6) is -0.376. The van der Waals surface area contributed by atoms with Crippen LogP contribution in [-0.2, 0) is 7.05 Å². The molecule has 2 heterocycles. The predicted molar refractivity (Wildman–Crippen MR) is 69.9 cm³/mol. The normalized spacial score (nSPS) is 10.5. The van der Waals surface area contributed by atoms with E-state index in [2.05, 4.69) is 15.0 Å². The van der Waals surface area contributed by atoms with Crippen LogP contribution in [0.4, 0.5) is 4.39 Å². The summed E-state index contributed by atoms with van der Waals surface area (Å²) >= 11 is 0. The molecule has 18 heavy (non-hydrogen) atoms. The van der Waals surface area contributed by atoms with Gasteiger partial charge in [0.25, 0.3) is 0 Å². The van der Waals surface area contributed by atoms with Gasteiger partial charge in [-0.3, -0.25) is 0 Å². The number of fused-ring (bicyclic) bond motifs is 2. The largest absolute Gasteiger partial charge is 0.334 e. The van der Waals surface area contributed by atoms with Gasteiger partial charge in [-0.1, -0.05) is 13.8 Å². The van der Waals surface area contributed by atoms with E-state index in [9.17, 15) is 4.39 Å². The molecule has 0 unspecified atom stereocenters. The molecule has 1 aromatic carbocycles. The summed E-state index contributed by atoms with van der Waals surface area (Å²) in [7, 11) is 1.83. The van der Waals surface area contributed by atoms with Crippen LogP contribution >= 0.6 is 0 Å². The lowest BCUT2D eigenvalue weighted by molar-refractivity contribution is 0.645. The van der Waals surface area contributed by atoms with Crippen LogP contribution in [0.1, 0.15) is 19.5 Å². The number of aromatic nitrogens is 4. The fraction of sp³-hybridized carbons (Fsp3) is 0.308. The molecule has 0 bridgehead atoms. The number of hydrogen-bond acceptors (Lipinski definition) is 3. The van der Waals surface area contributed by atoms with Crippen molar-refractivity contribution in [3.8, 4) is 0 Å². The first-order chi connectivity index (χ1) is 8.68. The Morgan fingerprint density at radius 2 is 1.83 bits per heavy atom. The minimum atomic E-state index is -0.376. The third kappa shape index (κ3) is 1.72. The highest BCUT2D eigenvalue weighted by Crippen LogP contribution is 2.25. The average Bonchev–Trinajstić information content (AvgIpc) is 2.76. The summed E-state index contributed by atoms with van der Waals surface area (Å²) in [6, 6.07) is 1.87. The van der Waals surface area contributed by atoms with Gasteiger partial charge in [0.15, 0.2) is 5.82 Å². The Hall–Kier alpha value is -2.04. The molecule has 0 aliphatic heterocycles. The van der Waals surface area contributed by atoms with Gasteiger partial charge >= 0.3 is 0 Å². The Bertz CT molecular complexity index is 703. The third-order valence-electron chi connectivity index (χ3n) is 2.76. The molecule has 0 fully saturated rings. The minimum Gasteiger partial charge on any atom is -0.334 e.